The molecule has 156 valence electrons. The van der Waals surface area contributed by atoms with Crippen LogP contribution in [0.2, 0.25) is 0 Å². The predicted molar refractivity (Wildman–Crippen MR) is 119 cm³/mol. The summed E-state index contributed by atoms with van der Waals surface area (Å²) in [6.45, 7) is 2.11. The molecular formula is C25H22N2O4. The van der Waals surface area contributed by atoms with Crippen LogP contribution in [0, 0.1) is 0 Å². The lowest BCUT2D eigenvalue weighted by atomic mass is 9.81. The second-order valence-electron chi connectivity index (χ2n) is 7.52. The van der Waals surface area contributed by atoms with Crippen LogP contribution in [0.3, 0.4) is 0 Å². The van der Waals surface area contributed by atoms with Gasteiger partial charge in [-0.25, -0.2) is 4.79 Å². The number of hydrogen-bond donors (Lipinski definition) is 2. The number of esters is 1. The van der Waals surface area contributed by atoms with Crippen molar-refractivity contribution in [3.05, 3.63) is 88.0 Å². The van der Waals surface area contributed by atoms with Gasteiger partial charge in [0.1, 0.15) is 5.75 Å². The third kappa shape index (κ3) is 3.57. The summed E-state index contributed by atoms with van der Waals surface area (Å²) in [4.78, 5) is 38.9. The molecule has 0 heterocycles. The highest BCUT2D eigenvalue weighted by Gasteiger charge is 2.35. The molecule has 0 saturated heterocycles. The number of ether oxygens (including phenoxy) is 1. The van der Waals surface area contributed by atoms with Gasteiger partial charge in [-0.3, -0.25) is 9.59 Å². The van der Waals surface area contributed by atoms with E-state index in [1.807, 2.05) is 12.1 Å². The van der Waals surface area contributed by atoms with Gasteiger partial charge in [-0.05, 0) is 36.6 Å². The molecule has 0 aromatic heterocycles. The second-order valence-corrected chi connectivity index (χ2v) is 7.52. The van der Waals surface area contributed by atoms with Crippen LogP contribution >= 0.6 is 0 Å². The van der Waals surface area contributed by atoms with E-state index in [2.05, 4.69) is 6.92 Å². The number of carbonyl (C=O) groups is 3. The number of carbonyl (C=O) groups excluding carboxylic acids is 3. The Bertz CT molecular complexity index is 1230. The number of ketones is 2. The first kappa shape index (κ1) is 20.3. The Kier molecular flexibility index (Phi) is 5.29. The van der Waals surface area contributed by atoms with E-state index in [0.717, 1.165) is 24.8 Å². The van der Waals surface area contributed by atoms with Gasteiger partial charge in [0.05, 0.1) is 22.4 Å². The molecule has 0 atom stereocenters. The van der Waals surface area contributed by atoms with E-state index in [9.17, 15) is 14.4 Å². The van der Waals surface area contributed by atoms with Crippen molar-refractivity contribution >= 4 is 28.9 Å². The molecule has 3 aromatic rings. The highest BCUT2D eigenvalue weighted by molar-refractivity contribution is 6.32. The molecule has 0 bridgehead atoms. The standard InChI is InChI=1S/C25H22N2O4/c1-2-3-7-14-8-6-9-15(12-14)31-25(30)18-13-19(26)20-21(22(18)27)24(29)17-11-5-4-10-16(17)23(20)28/h4-6,8-13H,2-3,7,26-27H2,1H3. The molecule has 1 aliphatic rings. The Morgan fingerprint density at radius 1 is 0.903 bits per heavy atom. The minimum Gasteiger partial charge on any atom is -0.423 e. The fourth-order valence-corrected chi connectivity index (χ4v) is 3.82. The van der Waals surface area contributed by atoms with Gasteiger partial charge >= 0.3 is 5.97 Å². The molecule has 0 spiro atoms. The largest absolute Gasteiger partial charge is 0.423 e. The van der Waals surface area contributed by atoms with Crippen molar-refractivity contribution in [1.82, 2.24) is 0 Å². The molecule has 0 aliphatic heterocycles. The van der Waals surface area contributed by atoms with Gasteiger partial charge in [-0.15, -0.1) is 0 Å². The molecule has 1 aliphatic carbocycles. The van der Waals surface area contributed by atoms with Crippen molar-refractivity contribution in [3.63, 3.8) is 0 Å². The third-order valence-corrected chi connectivity index (χ3v) is 5.42. The number of nitrogens with two attached hydrogens (primary N) is 2. The van der Waals surface area contributed by atoms with Crippen molar-refractivity contribution in [3.8, 4) is 5.75 Å². The molecule has 0 radical (unpaired) electrons. The molecule has 6 heteroatoms. The number of hydrogen-bond acceptors (Lipinski definition) is 6. The summed E-state index contributed by atoms with van der Waals surface area (Å²) in [5.41, 5.74) is 13.7. The lowest BCUT2D eigenvalue weighted by molar-refractivity contribution is 0.0735. The Morgan fingerprint density at radius 3 is 2.26 bits per heavy atom. The third-order valence-electron chi connectivity index (χ3n) is 5.42. The average molecular weight is 414 g/mol. The smallest absolute Gasteiger partial charge is 0.345 e. The van der Waals surface area contributed by atoms with E-state index < -0.39 is 17.5 Å². The van der Waals surface area contributed by atoms with Crippen LogP contribution in [0.15, 0.2) is 54.6 Å². The van der Waals surface area contributed by atoms with E-state index >= 15 is 0 Å². The molecule has 0 amide bonds. The van der Waals surface area contributed by atoms with Gasteiger partial charge in [0, 0.05) is 16.8 Å². The van der Waals surface area contributed by atoms with Crippen LogP contribution in [0.5, 0.6) is 5.75 Å². The fraction of sp³-hybridized carbons (Fsp3) is 0.160. The fourth-order valence-electron chi connectivity index (χ4n) is 3.82. The summed E-state index contributed by atoms with van der Waals surface area (Å²) in [5.74, 6) is -1.19. The molecule has 0 unspecified atom stereocenters. The number of fused-ring (bicyclic) bond motifs is 2. The Hall–Kier alpha value is -3.93. The highest BCUT2D eigenvalue weighted by Crippen LogP contribution is 2.36. The topological polar surface area (TPSA) is 112 Å². The molecule has 0 saturated carbocycles. The van der Waals surface area contributed by atoms with E-state index in [-0.39, 0.29) is 39.2 Å². The summed E-state index contributed by atoms with van der Waals surface area (Å²) >= 11 is 0. The molecular weight excluding hydrogens is 392 g/mol. The molecule has 31 heavy (non-hydrogen) atoms. The monoisotopic (exact) mass is 414 g/mol. The van der Waals surface area contributed by atoms with Crippen LogP contribution in [0.4, 0.5) is 11.4 Å². The number of nitrogen functional groups attached to an aromatic ring is 2. The van der Waals surface area contributed by atoms with Crippen molar-refractivity contribution in [2.45, 2.75) is 26.2 Å². The van der Waals surface area contributed by atoms with Crippen LogP contribution < -0.4 is 16.2 Å². The van der Waals surface area contributed by atoms with Crippen LogP contribution in [0.1, 0.15) is 67.5 Å². The summed E-state index contributed by atoms with van der Waals surface area (Å²) in [6, 6.07) is 15.0. The Balaban J connectivity index is 1.71. The first-order valence-electron chi connectivity index (χ1n) is 10.1. The maximum absolute atomic E-state index is 13.1. The van der Waals surface area contributed by atoms with E-state index in [0.29, 0.717) is 5.75 Å². The number of aryl methyl sites for hydroxylation is 1. The minimum atomic E-state index is -0.737. The first-order chi connectivity index (χ1) is 14.9. The first-order valence-corrected chi connectivity index (χ1v) is 10.1. The lowest BCUT2D eigenvalue weighted by Crippen LogP contribution is -2.26. The van der Waals surface area contributed by atoms with Gasteiger partial charge in [0.25, 0.3) is 0 Å². The molecule has 4 rings (SSSR count). The van der Waals surface area contributed by atoms with Crippen molar-refractivity contribution in [2.24, 2.45) is 0 Å². The van der Waals surface area contributed by atoms with Crippen molar-refractivity contribution < 1.29 is 19.1 Å². The number of rotatable bonds is 5. The van der Waals surface area contributed by atoms with Gasteiger partial charge in [-0.1, -0.05) is 49.7 Å². The number of unbranched alkanes of at least 4 members (excludes halogenated alkanes) is 1. The second kappa shape index (κ2) is 8.07. The molecule has 4 N–H and O–H groups in total. The zero-order valence-corrected chi connectivity index (χ0v) is 17.1. The number of benzene rings is 3. The summed E-state index contributed by atoms with van der Waals surface area (Å²) < 4.78 is 5.51. The Morgan fingerprint density at radius 2 is 1.58 bits per heavy atom. The molecule has 6 nitrogen and oxygen atoms in total. The summed E-state index contributed by atoms with van der Waals surface area (Å²) in [5, 5.41) is 0. The zero-order valence-electron chi connectivity index (χ0n) is 17.1. The van der Waals surface area contributed by atoms with Crippen molar-refractivity contribution in [1.29, 1.82) is 0 Å². The van der Waals surface area contributed by atoms with Crippen LogP contribution in [0.25, 0.3) is 0 Å². The van der Waals surface area contributed by atoms with E-state index in [1.54, 1.807) is 36.4 Å². The minimum absolute atomic E-state index is 0.0145. The van der Waals surface area contributed by atoms with Crippen LogP contribution in [-0.2, 0) is 6.42 Å². The summed E-state index contributed by atoms with van der Waals surface area (Å²) in [7, 11) is 0. The van der Waals surface area contributed by atoms with Gasteiger partial charge in [0.15, 0.2) is 11.6 Å². The van der Waals surface area contributed by atoms with Crippen molar-refractivity contribution in [2.75, 3.05) is 11.5 Å². The Labute approximate surface area is 179 Å². The quantitative estimate of drug-likeness (QED) is 0.288. The van der Waals surface area contributed by atoms with E-state index in [1.165, 1.54) is 6.07 Å². The SMILES string of the molecule is CCCCc1cccc(OC(=O)c2cc(N)c3c(c2N)C(=O)c2ccccc2C3=O)c1. The number of anilines is 2. The predicted octanol–water partition coefficient (Wildman–Crippen LogP) is 4.19. The lowest BCUT2D eigenvalue weighted by Gasteiger charge is -2.22. The van der Waals surface area contributed by atoms with Crippen LogP contribution in [-0.4, -0.2) is 17.5 Å². The molecule has 3 aromatic carbocycles. The highest BCUT2D eigenvalue weighted by atomic mass is 16.5. The normalized spacial score (nSPS) is 12.3. The van der Waals surface area contributed by atoms with Gasteiger partial charge in [0.2, 0.25) is 0 Å². The molecule has 0 fully saturated rings. The van der Waals surface area contributed by atoms with E-state index in [4.69, 9.17) is 16.2 Å². The average Bonchev–Trinajstić information content (AvgIpc) is 2.77. The zero-order chi connectivity index (χ0) is 22.1. The van der Waals surface area contributed by atoms with Gasteiger partial charge < -0.3 is 16.2 Å². The maximum atomic E-state index is 13.1. The van der Waals surface area contributed by atoms with Gasteiger partial charge in [-0.2, -0.15) is 0 Å². The maximum Gasteiger partial charge on any atom is 0.345 e. The summed E-state index contributed by atoms with van der Waals surface area (Å²) in [6.07, 6.45) is 2.97.